The Labute approximate surface area is 66.2 Å². The maximum absolute atomic E-state index is 3.94. The maximum Gasteiger partial charge on any atom is 0.0490 e. The molecule has 1 aromatic rings. The summed E-state index contributed by atoms with van der Waals surface area (Å²) in [7, 11) is 0. The minimum absolute atomic E-state index is 0.659. The summed E-state index contributed by atoms with van der Waals surface area (Å²) in [5.41, 5.74) is 1.28. The molecule has 3 heteroatoms. The first-order chi connectivity index (χ1) is 5.47. The third-order valence-electron chi connectivity index (χ3n) is 2.26. The van der Waals surface area contributed by atoms with E-state index in [1.807, 2.05) is 6.20 Å². The molecular formula is C8H13N3. The van der Waals surface area contributed by atoms with Gasteiger partial charge >= 0.3 is 0 Å². The van der Waals surface area contributed by atoms with Gasteiger partial charge in [0.1, 0.15) is 0 Å². The molecule has 2 heterocycles. The van der Waals surface area contributed by atoms with Gasteiger partial charge in [-0.05, 0) is 25.5 Å². The van der Waals surface area contributed by atoms with Crippen molar-refractivity contribution >= 4 is 0 Å². The average molecular weight is 151 g/mol. The molecule has 11 heavy (non-hydrogen) atoms. The highest BCUT2D eigenvalue weighted by molar-refractivity contribution is 5.06. The van der Waals surface area contributed by atoms with Crippen molar-refractivity contribution in [2.24, 2.45) is 0 Å². The molecule has 0 amide bonds. The molecular weight excluding hydrogens is 138 g/mol. The molecule has 0 saturated carbocycles. The third kappa shape index (κ3) is 1.43. The van der Waals surface area contributed by atoms with Crippen LogP contribution in [0.15, 0.2) is 12.3 Å². The monoisotopic (exact) mass is 151 g/mol. The Morgan fingerprint density at radius 1 is 1.55 bits per heavy atom. The SMILES string of the molecule is c1cc([C@@H]2CCCNC2)[nH]n1. The van der Waals surface area contributed by atoms with Crippen molar-refractivity contribution in [2.45, 2.75) is 18.8 Å². The number of aromatic amines is 1. The summed E-state index contributed by atoms with van der Waals surface area (Å²) in [6.07, 6.45) is 4.39. The molecule has 0 bridgehead atoms. The van der Waals surface area contributed by atoms with Crippen LogP contribution in [-0.2, 0) is 0 Å². The minimum atomic E-state index is 0.659. The Morgan fingerprint density at radius 2 is 2.55 bits per heavy atom. The lowest BCUT2D eigenvalue weighted by molar-refractivity contribution is 0.454. The van der Waals surface area contributed by atoms with Crippen LogP contribution in [0.5, 0.6) is 0 Å². The van der Waals surface area contributed by atoms with E-state index in [4.69, 9.17) is 0 Å². The van der Waals surface area contributed by atoms with Gasteiger partial charge in [0.05, 0.1) is 0 Å². The summed E-state index contributed by atoms with van der Waals surface area (Å²) in [6.45, 7) is 2.27. The fourth-order valence-electron chi connectivity index (χ4n) is 1.61. The highest BCUT2D eigenvalue weighted by atomic mass is 15.1. The standard InChI is InChI=1S/C8H13N3/c1-2-7(6-9-4-1)8-3-5-10-11-8/h3,5,7,9H,1-2,4,6H2,(H,10,11)/t7-/m1/s1. The van der Waals surface area contributed by atoms with Crippen LogP contribution < -0.4 is 5.32 Å². The van der Waals surface area contributed by atoms with Crippen molar-refractivity contribution in [3.8, 4) is 0 Å². The van der Waals surface area contributed by atoms with Gasteiger partial charge in [-0.2, -0.15) is 5.10 Å². The quantitative estimate of drug-likeness (QED) is 0.625. The molecule has 60 valence electrons. The lowest BCUT2D eigenvalue weighted by Crippen LogP contribution is -2.28. The first-order valence-corrected chi connectivity index (χ1v) is 4.17. The average Bonchev–Trinajstić information content (AvgIpc) is 2.58. The number of hydrogen-bond donors (Lipinski definition) is 2. The van der Waals surface area contributed by atoms with Gasteiger partial charge in [-0.15, -0.1) is 0 Å². The Kier molecular flexibility index (Phi) is 1.90. The number of piperidine rings is 1. The van der Waals surface area contributed by atoms with Gasteiger partial charge in [0.25, 0.3) is 0 Å². The molecule has 1 saturated heterocycles. The fraction of sp³-hybridized carbons (Fsp3) is 0.625. The van der Waals surface area contributed by atoms with Crippen LogP contribution in [0.1, 0.15) is 24.5 Å². The Morgan fingerprint density at radius 3 is 3.18 bits per heavy atom. The predicted molar refractivity (Wildman–Crippen MR) is 43.4 cm³/mol. The first kappa shape index (κ1) is 6.85. The lowest BCUT2D eigenvalue weighted by atomic mass is 9.97. The van der Waals surface area contributed by atoms with Crippen molar-refractivity contribution in [3.05, 3.63) is 18.0 Å². The number of nitrogens with one attached hydrogen (secondary N) is 2. The van der Waals surface area contributed by atoms with Gasteiger partial charge in [0.2, 0.25) is 0 Å². The van der Waals surface area contributed by atoms with Crippen molar-refractivity contribution < 1.29 is 0 Å². The second-order valence-corrected chi connectivity index (χ2v) is 3.06. The number of rotatable bonds is 1. The summed E-state index contributed by atoms with van der Waals surface area (Å²) >= 11 is 0. The van der Waals surface area contributed by atoms with Crippen molar-refractivity contribution in [2.75, 3.05) is 13.1 Å². The second-order valence-electron chi connectivity index (χ2n) is 3.06. The summed E-state index contributed by atoms with van der Waals surface area (Å²) < 4.78 is 0. The van der Waals surface area contributed by atoms with Crippen LogP contribution in [0.4, 0.5) is 0 Å². The Bertz CT molecular complexity index is 199. The summed E-state index contributed by atoms with van der Waals surface area (Å²) in [5.74, 6) is 0.659. The molecule has 2 N–H and O–H groups in total. The van der Waals surface area contributed by atoms with Crippen LogP contribution >= 0.6 is 0 Å². The summed E-state index contributed by atoms with van der Waals surface area (Å²) in [6, 6.07) is 2.07. The number of nitrogens with zero attached hydrogens (tertiary/aromatic N) is 1. The molecule has 0 unspecified atom stereocenters. The van der Waals surface area contributed by atoms with Gasteiger partial charge in [-0.3, -0.25) is 5.10 Å². The van der Waals surface area contributed by atoms with Crippen molar-refractivity contribution in [1.29, 1.82) is 0 Å². The zero-order valence-electron chi connectivity index (χ0n) is 6.51. The molecule has 1 aliphatic heterocycles. The maximum atomic E-state index is 3.94. The van der Waals surface area contributed by atoms with Gasteiger partial charge in [0, 0.05) is 24.4 Å². The van der Waals surface area contributed by atoms with Gasteiger partial charge in [0.15, 0.2) is 0 Å². The third-order valence-corrected chi connectivity index (χ3v) is 2.26. The molecule has 1 aliphatic rings. The molecule has 0 spiro atoms. The minimum Gasteiger partial charge on any atom is -0.316 e. The molecule has 0 radical (unpaired) electrons. The fourth-order valence-corrected chi connectivity index (χ4v) is 1.61. The van der Waals surface area contributed by atoms with Crippen LogP contribution in [-0.4, -0.2) is 23.3 Å². The number of aromatic nitrogens is 2. The van der Waals surface area contributed by atoms with E-state index in [9.17, 15) is 0 Å². The normalized spacial score (nSPS) is 25.3. The molecule has 1 atom stereocenters. The van der Waals surface area contributed by atoms with Crippen LogP contribution in [0.25, 0.3) is 0 Å². The van der Waals surface area contributed by atoms with E-state index in [2.05, 4.69) is 21.6 Å². The molecule has 2 rings (SSSR count). The van der Waals surface area contributed by atoms with E-state index in [0.29, 0.717) is 5.92 Å². The molecule has 1 fully saturated rings. The molecule has 0 aromatic carbocycles. The summed E-state index contributed by atoms with van der Waals surface area (Å²) in [4.78, 5) is 0. The topological polar surface area (TPSA) is 40.7 Å². The smallest absolute Gasteiger partial charge is 0.0490 e. The van der Waals surface area contributed by atoms with Crippen LogP contribution in [0.2, 0.25) is 0 Å². The van der Waals surface area contributed by atoms with E-state index < -0.39 is 0 Å². The number of H-pyrrole nitrogens is 1. The van der Waals surface area contributed by atoms with Gasteiger partial charge in [-0.25, -0.2) is 0 Å². The highest BCUT2D eigenvalue weighted by Gasteiger charge is 2.15. The van der Waals surface area contributed by atoms with E-state index in [-0.39, 0.29) is 0 Å². The van der Waals surface area contributed by atoms with E-state index in [0.717, 1.165) is 6.54 Å². The van der Waals surface area contributed by atoms with Gasteiger partial charge < -0.3 is 5.32 Å². The molecule has 3 nitrogen and oxygen atoms in total. The van der Waals surface area contributed by atoms with Crippen molar-refractivity contribution in [3.63, 3.8) is 0 Å². The summed E-state index contributed by atoms with van der Waals surface area (Å²) in [5, 5.41) is 10.3. The van der Waals surface area contributed by atoms with Gasteiger partial charge in [-0.1, -0.05) is 0 Å². The van der Waals surface area contributed by atoms with E-state index >= 15 is 0 Å². The van der Waals surface area contributed by atoms with E-state index in [1.54, 1.807) is 0 Å². The van der Waals surface area contributed by atoms with E-state index in [1.165, 1.54) is 25.1 Å². The Balaban J connectivity index is 2.04. The molecule has 0 aliphatic carbocycles. The largest absolute Gasteiger partial charge is 0.316 e. The van der Waals surface area contributed by atoms with Crippen molar-refractivity contribution in [1.82, 2.24) is 15.5 Å². The molecule has 1 aromatic heterocycles. The van der Waals surface area contributed by atoms with Crippen LogP contribution in [0, 0.1) is 0 Å². The Hall–Kier alpha value is -0.830. The second kappa shape index (κ2) is 3.05. The highest BCUT2D eigenvalue weighted by Crippen LogP contribution is 2.20. The van der Waals surface area contributed by atoms with Crippen LogP contribution in [0.3, 0.4) is 0 Å². The zero-order chi connectivity index (χ0) is 7.52. The first-order valence-electron chi connectivity index (χ1n) is 4.17. The predicted octanol–water partition coefficient (Wildman–Crippen LogP) is 0.877. The number of hydrogen-bond acceptors (Lipinski definition) is 2. The zero-order valence-corrected chi connectivity index (χ0v) is 6.51. The lowest BCUT2D eigenvalue weighted by Gasteiger charge is -2.20.